The molecule has 0 saturated heterocycles. The first-order valence-corrected chi connectivity index (χ1v) is 10.1. The van der Waals surface area contributed by atoms with Crippen LogP contribution < -0.4 is 10.4 Å². The quantitative estimate of drug-likeness (QED) is 0.412. The van der Waals surface area contributed by atoms with E-state index in [-0.39, 0.29) is 6.04 Å². The SMILES string of the molecule is CC1NN(c2ccccc2)c2nc(-c3ccccc3)cc(-c3ccc(Cl)cc3)c21. The summed E-state index contributed by atoms with van der Waals surface area (Å²) >= 11 is 6.14. The zero-order chi connectivity index (χ0) is 19.8. The van der Waals surface area contributed by atoms with Crippen LogP contribution in [-0.4, -0.2) is 4.98 Å². The molecular formula is C25H20ClN3. The lowest BCUT2D eigenvalue weighted by molar-refractivity contribution is 0.634. The number of halogens is 1. The Morgan fingerprint density at radius 2 is 1.48 bits per heavy atom. The van der Waals surface area contributed by atoms with Crippen LogP contribution >= 0.6 is 11.6 Å². The number of benzene rings is 3. The first kappa shape index (κ1) is 17.9. The van der Waals surface area contributed by atoms with Gasteiger partial charge in [-0.25, -0.2) is 10.4 Å². The highest BCUT2D eigenvalue weighted by atomic mass is 35.5. The average Bonchev–Trinajstić information content (AvgIpc) is 3.11. The van der Waals surface area contributed by atoms with Crippen LogP contribution in [0.4, 0.5) is 11.5 Å². The number of pyridine rings is 1. The summed E-state index contributed by atoms with van der Waals surface area (Å²) < 4.78 is 0. The zero-order valence-corrected chi connectivity index (χ0v) is 16.8. The molecule has 2 heterocycles. The first-order valence-electron chi connectivity index (χ1n) is 9.68. The number of rotatable bonds is 3. The molecule has 142 valence electrons. The molecule has 1 aliphatic rings. The predicted molar refractivity (Wildman–Crippen MR) is 120 cm³/mol. The molecule has 4 heteroatoms. The summed E-state index contributed by atoms with van der Waals surface area (Å²) in [5.41, 5.74) is 10.2. The lowest BCUT2D eigenvalue weighted by Gasteiger charge is -2.19. The third kappa shape index (κ3) is 3.29. The highest BCUT2D eigenvalue weighted by molar-refractivity contribution is 6.30. The largest absolute Gasteiger partial charge is 0.259 e. The summed E-state index contributed by atoms with van der Waals surface area (Å²) in [6, 6.07) is 30.9. The van der Waals surface area contributed by atoms with E-state index in [1.165, 1.54) is 11.1 Å². The third-order valence-corrected chi connectivity index (χ3v) is 5.50. The van der Waals surface area contributed by atoms with Gasteiger partial charge >= 0.3 is 0 Å². The van der Waals surface area contributed by atoms with Crippen molar-refractivity contribution >= 4 is 23.1 Å². The van der Waals surface area contributed by atoms with Crippen LogP contribution in [0.15, 0.2) is 91.0 Å². The molecule has 1 aromatic heterocycles. The summed E-state index contributed by atoms with van der Waals surface area (Å²) in [4.78, 5) is 5.07. The number of anilines is 2. The Bertz CT molecular complexity index is 1140. The van der Waals surface area contributed by atoms with Crippen molar-refractivity contribution in [1.82, 2.24) is 10.4 Å². The Balaban J connectivity index is 1.75. The summed E-state index contributed by atoms with van der Waals surface area (Å²) in [5.74, 6) is 0.940. The zero-order valence-electron chi connectivity index (χ0n) is 16.0. The van der Waals surface area contributed by atoms with Crippen molar-refractivity contribution in [3.63, 3.8) is 0 Å². The van der Waals surface area contributed by atoms with Crippen molar-refractivity contribution in [3.8, 4) is 22.4 Å². The Labute approximate surface area is 175 Å². The van der Waals surface area contributed by atoms with Crippen molar-refractivity contribution in [2.75, 3.05) is 5.01 Å². The van der Waals surface area contributed by atoms with Crippen molar-refractivity contribution in [2.45, 2.75) is 13.0 Å². The Morgan fingerprint density at radius 1 is 0.828 bits per heavy atom. The lowest BCUT2D eigenvalue weighted by Crippen LogP contribution is -2.29. The van der Waals surface area contributed by atoms with E-state index >= 15 is 0 Å². The molecule has 3 nitrogen and oxygen atoms in total. The topological polar surface area (TPSA) is 28.2 Å². The monoisotopic (exact) mass is 397 g/mol. The molecule has 0 amide bonds. The maximum Gasteiger partial charge on any atom is 0.153 e. The van der Waals surface area contributed by atoms with Crippen LogP contribution in [0.2, 0.25) is 5.02 Å². The fourth-order valence-electron chi connectivity index (χ4n) is 3.86. The van der Waals surface area contributed by atoms with E-state index in [0.717, 1.165) is 33.3 Å². The van der Waals surface area contributed by atoms with Crippen LogP contribution in [0.5, 0.6) is 0 Å². The number of hydrogen-bond donors (Lipinski definition) is 1. The van der Waals surface area contributed by atoms with Gasteiger partial charge in [0.15, 0.2) is 5.82 Å². The summed E-state index contributed by atoms with van der Waals surface area (Å²) in [5, 5.41) is 2.83. The third-order valence-electron chi connectivity index (χ3n) is 5.25. The van der Waals surface area contributed by atoms with Crippen molar-refractivity contribution in [2.24, 2.45) is 0 Å². The van der Waals surface area contributed by atoms with E-state index in [1.807, 2.05) is 48.5 Å². The summed E-state index contributed by atoms with van der Waals surface area (Å²) in [6.07, 6.45) is 0. The minimum Gasteiger partial charge on any atom is -0.259 e. The molecule has 29 heavy (non-hydrogen) atoms. The Hall–Kier alpha value is -3.14. The van der Waals surface area contributed by atoms with Gasteiger partial charge in [-0.3, -0.25) is 5.01 Å². The van der Waals surface area contributed by atoms with Gasteiger partial charge in [-0.1, -0.05) is 72.3 Å². The second-order valence-corrected chi connectivity index (χ2v) is 7.62. The minimum atomic E-state index is 0.133. The van der Waals surface area contributed by atoms with Gasteiger partial charge in [-0.15, -0.1) is 0 Å². The van der Waals surface area contributed by atoms with Crippen LogP contribution in [-0.2, 0) is 0 Å². The Morgan fingerprint density at radius 3 is 2.17 bits per heavy atom. The highest BCUT2D eigenvalue weighted by Crippen LogP contribution is 2.43. The van der Waals surface area contributed by atoms with Gasteiger partial charge in [0.2, 0.25) is 0 Å². The number of nitrogens with zero attached hydrogens (tertiary/aromatic N) is 2. The van der Waals surface area contributed by atoms with Crippen molar-refractivity contribution in [1.29, 1.82) is 0 Å². The van der Waals surface area contributed by atoms with E-state index in [0.29, 0.717) is 0 Å². The van der Waals surface area contributed by atoms with E-state index in [4.69, 9.17) is 16.6 Å². The van der Waals surface area contributed by atoms with Gasteiger partial charge in [0, 0.05) is 16.1 Å². The summed E-state index contributed by atoms with van der Waals surface area (Å²) in [6.45, 7) is 2.17. The van der Waals surface area contributed by atoms with Gasteiger partial charge in [0.1, 0.15) is 0 Å². The molecule has 0 aliphatic carbocycles. The van der Waals surface area contributed by atoms with Crippen LogP contribution in [0, 0.1) is 0 Å². The molecule has 0 saturated carbocycles. The molecule has 3 aromatic carbocycles. The predicted octanol–water partition coefficient (Wildman–Crippen LogP) is 6.79. The van der Waals surface area contributed by atoms with Crippen LogP contribution in [0.1, 0.15) is 18.5 Å². The van der Waals surface area contributed by atoms with E-state index < -0.39 is 0 Å². The van der Waals surface area contributed by atoms with Gasteiger partial charge in [0.25, 0.3) is 0 Å². The molecular weight excluding hydrogens is 378 g/mol. The standard InChI is InChI=1S/C25H20ClN3/c1-17-24-22(18-12-14-20(26)15-13-18)16-23(19-8-4-2-5-9-19)27-25(24)29(28-17)21-10-6-3-7-11-21/h2-17,28H,1H3. The first-order chi connectivity index (χ1) is 14.2. The molecule has 4 aromatic rings. The number of fused-ring (bicyclic) bond motifs is 1. The number of nitrogens with one attached hydrogen (secondary N) is 1. The second-order valence-electron chi connectivity index (χ2n) is 7.19. The van der Waals surface area contributed by atoms with Crippen molar-refractivity contribution in [3.05, 3.63) is 102 Å². The molecule has 0 fully saturated rings. The second kappa shape index (κ2) is 7.36. The molecule has 0 spiro atoms. The molecule has 5 rings (SSSR count). The minimum absolute atomic E-state index is 0.133. The van der Waals surface area contributed by atoms with Crippen molar-refractivity contribution < 1.29 is 0 Å². The maximum absolute atomic E-state index is 6.14. The van der Waals surface area contributed by atoms with E-state index in [9.17, 15) is 0 Å². The number of hydrazine groups is 1. The summed E-state index contributed by atoms with van der Waals surface area (Å²) in [7, 11) is 0. The molecule has 1 atom stereocenters. The number of aromatic nitrogens is 1. The van der Waals surface area contributed by atoms with Gasteiger partial charge in [-0.2, -0.15) is 0 Å². The lowest BCUT2D eigenvalue weighted by atomic mass is 9.95. The molecule has 1 N–H and O–H groups in total. The molecule has 1 unspecified atom stereocenters. The highest BCUT2D eigenvalue weighted by Gasteiger charge is 2.31. The van der Waals surface area contributed by atoms with Gasteiger partial charge in [-0.05, 0) is 48.4 Å². The van der Waals surface area contributed by atoms with Gasteiger partial charge in [0.05, 0.1) is 17.4 Å². The van der Waals surface area contributed by atoms with E-state index in [2.05, 4.69) is 59.8 Å². The van der Waals surface area contributed by atoms with Crippen LogP contribution in [0.25, 0.3) is 22.4 Å². The van der Waals surface area contributed by atoms with Gasteiger partial charge < -0.3 is 0 Å². The molecule has 1 aliphatic heterocycles. The molecule has 0 bridgehead atoms. The molecule has 0 radical (unpaired) electrons. The average molecular weight is 398 g/mol. The fraction of sp³-hybridized carbons (Fsp3) is 0.0800. The maximum atomic E-state index is 6.14. The number of hydrogen-bond acceptors (Lipinski definition) is 3. The smallest absolute Gasteiger partial charge is 0.153 e. The Kier molecular flexibility index (Phi) is 4.55. The number of para-hydroxylation sites is 1. The van der Waals surface area contributed by atoms with Crippen LogP contribution in [0.3, 0.4) is 0 Å². The normalized spacial score (nSPS) is 15.4. The van der Waals surface area contributed by atoms with E-state index in [1.54, 1.807) is 0 Å². The fourth-order valence-corrected chi connectivity index (χ4v) is 3.98.